The fourth-order valence-electron chi connectivity index (χ4n) is 2.24. The Morgan fingerprint density at radius 2 is 2.17 bits per heavy atom. The number of nitrogens with one attached hydrogen (secondary N) is 1. The average Bonchev–Trinajstić information content (AvgIpc) is 2.74. The first kappa shape index (κ1) is 13.9. The molecule has 1 aromatic carbocycles. The first-order valence-electron chi connectivity index (χ1n) is 6.50. The number of nitrogens with zero attached hydrogens (tertiary/aromatic N) is 1. The number of unbranched alkanes of at least 4 members (excludes halogenated alkanes) is 1. The highest BCUT2D eigenvalue weighted by Crippen LogP contribution is 2.30. The molecule has 1 N–H and O–H groups in total. The molecule has 0 spiro atoms. The highest BCUT2D eigenvalue weighted by atomic mass is 79.9. The Hall–Kier alpha value is -0.540. The van der Waals surface area contributed by atoms with Crippen LogP contribution in [0.25, 0.3) is 11.0 Å². The SMILES string of the molecule is CCCCC(CC)c1nc2c(Br)cc(Cl)cc2[nH]1. The van der Waals surface area contributed by atoms with Gasteiger partial charge in [-0.05, 0) is 40.9 Å². The third kappa shape index (κ3) is 2.89. The Bertz CT molecular complexity index is 536. The molecule has 1 unspecified atom stereocenters. The van der Waals surface area contributed by atoms with Crippen molar-refractivity contribution in [2.24, 2.45) is 0 Å². The summed E-state index contributed by atoms with van der Waals surface area (Å²) in [5.41, 5.74) is 1.99. The van der Waals surface area contributed by atoms with E-state index in [0.29, 0.717) is 5.92 Å². The van der Waals surface area contributed by atoms with Crippen LogP contribution in [0.4, 0.5) is 0 Å². The van der Waals surface area contributed by atoms with Crippen LogP contribution in [-0.4, -0.2) is 9.97 Å². The topological polar surface area (TPSA) is 28.7 Å². The zero-order chi connectivity index (χ0) is 13.1. The number of aromatic nitrogens is 2. The summed E-state index contributed by atoms with van der Waals surface area (Å²) in [6, 6.07) is 3.83. The van der Waals surface area contributed by atoms with Crippen molar-refractivity contribution in [2.75, 3.05) is 0 Å². The monoisotopic (exact) mass is 328 g/mol. The molecular formula is C14H18BrClN2. The number of halogens is 2. The second-order valence-electron chi connectivity index (χ2n) is 4.65. The van der Waals surface area contributed by atoms with Crippen LogP contribution in [0.5, 0.6) is 0 Å². The summed E-state index contributed by atoms with van der Waals surface area (Å²) in [7, 11) is 0. The summed E-state index contributed by atoms with van der Waals surface area (Å²) >= 11 is 9.57. The van der Waals surface area contributed by atoms with Crippen LogP contribution >= 0.6 is 27.5 Å². The largest absolute Gasteiger partial charge is 0.342 e. The fraction of sp³-hybridized carbons (Fsp3) is 0.500. The summed E-state index contributed by atoms with van der Waals surface area (Å²) in [5, 5.41) is 0.728. The van der Waals surface area contributed by atoms with Gasteiger partial charge in [0.15, 0.2) is 0 Å². The molecule has 0 amide bonds. The van der Waals surface area contributed by atoms with E-state index in [-0.39, 0.29) is 0 Å². The third-order valence-electron chi connectivity index (χ3n) is 3.31. The van der Waals surface area contributed by atoms with E-state index in [1.165, 1.54) is 19.3 Å². The molecule has 0 aliphatic rings. The maximum atomic E-state index is 6.05. The van der Waals surface area contributed by atoms with E-state index in [4.69, 9.17) is 16.6 Å². The number of aromatic amines is 1. The number of fused-ring (bicyclic) bond motifs is 1. The van der Waals surface area contributed by atoms with Crippen LogP contribution in [-0.2, 0) is 0 Å². The highest BCUT2D eigenvalue weighted by molar-refractivity contribution is 9.10. The molecule has 1 aromatic heterocycles. The van der Waals surface area contributed by atoms with E-state index in [1.54, 1.807) is 0 Å². The van der Waals surface area contributed by atoms with Gasteiger partial charge in [-0.1, -0.05) is 38.3 Å². The number of rotatable bonds is 5. The fourth-order valence-corrected chi connectivity index (χ4v) is 3.14. The van der Waals surface area contributed by atoms with Crippen molar-refractivity contribution in [1.29, 1.82) is 0 Å². The maximum absolute atomic E-state index is 6.05. The Kier molecular flexibility index (Phi) is 4.68. The standard InChI is InChI=1S/C14H18BrClN2/c1-3-5-6-9(4-2)14-17-12-8-10(16)7-11(15)13(12)18-14/h7-9H,3-6H2,1-2H3,(H,17,18). The summed E-state index contributed by atoms with van der Waals surface area (Å²) in [6.07, 6.45) is 4.78. The molecule has 2 nitrogen and oxygen atoms in total. The number of hydrogen-bond donors (Lipinski definition) is 1. The molecule has 0 radical (unpaired) electrons. The van der Waals surface area contributed by atoms with E-state index in [1.807, 2.05) is 12.1 Å². The molecular weight excluding hydrogens is 312 g/mol. The first-order chi connectivity index (χ1) is 8.65. The lowest BCUT2D eigenvalue weighted by atomic mass is 9.99. The van der Waals surface area contributed by atoms with Gasteiger partial charge >= 0.3 is 0 Å². The smallest absolute Gasteiger partial charge is 0.110 e. The second-order valence-corrected chi connectivity index (χ2v) is 5.94. The third-order valence-corrected chi connectivity index (χ3v) is 4.13. The Balaban J connectivity index is 2.36. The lowest BCUT2D eigenvalue weighted by Gasteiger charge is -2.10. The van der Waals surface area contributed by atoms with Gasteiger partial charge in [0.05, 0.1) is 5.52 Å². The Labute approximate surface area is 121 Å². The summed E-state index contributed by atoms with van der Waals surface area (Å²) in [4.78, 5) is 8.13. The zero-order valence-corrected chi connectivity index (χ0v) is 13.1. The average molecular weight is 330 g/mol. The van der Waals surface area contributed by atoms with Crippen molar-refractivity contribution in [1.82, 2.24) is 9.97 Å². The van der Waals surface area contributed by atoms with Crippen LogP contribution in [0.2, 0.25) is 5.02 Å². The second kappa shape index (κ2) is 6.07. The summed E-state index contributed by atoms with van der Waals surface area (Å²) in [5.74, 6) is 1.60. The van der Waals surface area contributed by atoms with Crippen molar-refractivity contribution in [3.05, 3.63) is 27.5 Å². The molecule has 2 rings (SSSR count). The molecule has 0 aliphatic carbocycles. The van der Waals surface area contributed by atoms with E-state index < -0.39 is 0 Å². The number of H-pyrrole nitrogens is 1. The molecule has 0 saturated carbocycles. The Morgan fingerprint density at radius 3 is 2.83 bits per heavy atom. The van der Waals surface area contributed by atoms with E-state index in [0.717, 1.165) is 32.8 Å². The van der Waals surface area contributed by atoms with Gasteiger partial charge in [0.25, 0.3) is 0 Å². The van der Waals surface area contributed by atoms with Crippen molar-refractivity contribution >= 4 is 38.6 Å². The first-order valence-corrected chi connectivity index (χ1v) is 7.67. The summed E-state index contributed by atoms with van der Waals surface area (Å²) < 4.78 is 0.956. The van der Waals surface area contributed by atoms with Gasteiger partial charge in [-0.3, -0.25) is 0 Å². The van der Waals surface area contributed by atoms with Crippen LogP contribution in [0.15, 0.2) is 16.6 Å². The molecule has 4 heteroatoms. The van der Waals surface area contributed by atoms with Gasteiger partial charge in [0.2, 0.25) is 0 Å². The molecule has 98 valence electrons. The minimum atomic E-state index is 0.517. The normalized spacial score (nSPS) is 13.1. The van der Waals surface area contributed by atoms with Crippen molar-refractivity contribution in [3.8, 4) is 0 Å². The highest BCUT2D eigenvalue weighted by Gasteiger charge is 2.15. The van der Waals surface area contributed by atoms with E-state index >= 15 is 0 Å². The van der Waals surface area contributed by atoms with E-state index in [2.05, 4.69) is 34.8 Å². The minimum absolute atomic E-state index is 0.517. The number of benzene rings is 1. The van der Waals surface area contributed by atoms with Gasteiger partial charge in [-0.15, -0.1) is 0 Å². The van der Waals surface area contributed by atoms with Crippen molar-refractivity contribution in [3.63, 3.8) is 0 Å². The van der Waals surface area contributed by atoms with E-state index in [9.17, 15) is 0 Å². The summed E-state index contributed by atoms with van der Waals surface area (Å²) in [6.45, 7) is 4.44. The minimum Gasteiger partial charge on any atom is -0.342 e. The number of imidazole rings is 1. The molecule has 1 atom stereocenters. The Morgan fingerprint density at radius 1 is 1.39 bits per heavy atom. The predicted molar refractivity (Wildman–Crippen MR) is 81.4 cm³/mol. The van der Waals surface area contributed by atoms with Crippen LogP contribution < -0.4 is 0 Å². The number of hydrogen-bond acceptors (Lipinski definition) is 1. The van der Waals surface area contributed by atoms with Crippen molar-refractivity contribution in [2.45, 2.75) is 45.4 Å². The molecule has 18 heavy (non-hydrogen) atoms. The molecule has 0 bridgehead atoms. The van der Waals surface area contributed by atoms with Crippen molar-refractivity contribution < 1.29 is 0 Å². The van der Waals surface area contributed by atoms with Crippen LogP contribution in [0.1, 0.15) is 51.3 Å². The molecule has 1 heterocycles. The lowest BCUT2D eigenvalue weighted by molar-refractivity contribution is 0.549. The molecule has 0 saturated heterocycles. The van der Waals surface area contributed by atoms with Gasteiger partial charge in [0.1, 0.15) is 11.3 Å². The predicted octanol–water partition coefficient (Wildman–Crippen LogP) is 5.66. The van der Waals surface area contributed by atoms with Gasteiger partial charge in [-0.25, -0.2) is 4.98 Å². The van der Waals surface area contributed by atoms with Gasteiger partial charge in [0, 0.05) is 15.4 Å². The molecule has 2 aromatic rings. The van der Waals surface area contributed by atoms with Crippen LogP contribution in [0, 0.1) is 0 Å². The zero-order valence-electron chi connectivity index (χ0n) is 10.8. The van der Waals surface area contributed by atoms with Gasteiger partial charge < -0.3 is 4.98 Å². The molecule has 0 aliphatic heterocycles. The quantitative estimate of drug-likeness (QED) is 0.753. The van der Waals surface area contributed by atoms with Crippen LogP contribution in [0.3, 0.4) is 0 Å². The maximum Gasteiger partial charge on any atom is 0.110 e. The van der Waals surface area contributed by atoms with Gasteiger partial charge in [-0.2, -0.15) is 0 Å². The lowest BCUT2D eigenvalue weighted by Crippen LogP contribution is -1.99. The molecule has 0 fully saturated rings.